The molecule has 28 heavy (non-hydrogen) atoms. The maximum Gasteiger partial charge on any atom is 0.226 e. The molecule has 0 unspecified atom stereocenters. The summed E-state index contributed by atoms with van der Waals surface area (Å²) in [6.07, 6.45) is 3.68. The number of hydrogen-bond acceptors (Lipinski definition) is 3. The fraction of sp³-hybridized carbons (Fsp3) is 0.391. The van der Waals surface area contributed by atoms with Crippen LogP contribution in [0.3, 0.4) is 0 Å². The number of nitrogens with zero attached hydrogens (tertiary/aromatic N) is 2. The van der Waals surface area contributed by atoms with Gasteiger partial charge >= 0.3 is 0 Å². The van der Waals surface area contributed by atoms with Gasteiger partial charge in [0, 0.05) is 29.5 Å². The van der Waals surface area contributed by atoms with E-state index in [2.05, 4.69) is 24.2 Å². The summed E-state index contributed by atoms with van der Waals surface area (Å²) < 4.78 is 0. The third-order valence-corrected chi connectivity index (χ3v) is 6.07. The van der Waals surface area contributed by atoms with Crippen LogP contribution in [-0.2, 0) is 16.2 Å². The Labute approximate surface area is 171 Å². The van der Waals surface area contributed by atoms with Crippen molar-refractivity contribution < 1.29 is 9.63 Å². The smallest absolute Gasteiger partial charge is 0.226 e. The minimum atomic E-state index is -0.124. The molecule has 1 heterocycles. The van der Waals surface area contributed by atoms with E-state index in [9.17, 15) is 4.79 Å². The number of amides is 1. The van der Waals surface area contributed by atoms with Crippen LogP contribution in [0.15, 0.2) is 53.7 Å². The molecule has 0 saturated heterocycles. The normalized spacial score (nSPS) is 18.9. The van der Waals surface area contributed by atoms with Crippen LogP contribution in [0.2, 0.25) is 5.02 Å². The number of carbonyl (C=O) groups excluding carboxylic acids is 1. The van der Waals surface area contributed by atoms with Gasteiger partial charge in [0.05, 0.1) is 12.3 Å². The van der Waals surface area contributed by atoms with Crippen LogP contribution in [0.25, 0.3) is 0 Å². The highest BCUT2D eigenvalue weighted by atomic mass is 35.5. The number of benzene rings is 2. The number of hydrogen-bond donors (Lipinski definition) is 0. The van der Waals surface area contributed by atoms with Crippen LogP contribution in [0.4, 0.5) is 0 Å². The Morgan fingerprint density at radius 1 is 1.18 bits per heavy atom. The Kier molecular flexibility index (Phi) is 5.67. The fourth-order valence-corrected chi connectivity index (χ4v) is 4.00. The molecule has 1 atom stereocenters. The van der Waals surface area contributed by atoms with Gasteiger partial charge in [0.2, 0.25) is 5.91 Å². The topological polar surface area (TPSA) is 41.9 Å². The number of rotatable bonds is 6. The zero-order valence-electron chi connectivity index (χ0n) is 16.1. The van der Waals surface area contributed by atoms with Crippen LogP contribution < -0.4 is 0 Å². The molecule has 1 fully saturated rings. The van der Waals surface area contributed by atoms with Gasteiger partial charge < -0.3 is 9.74 Å². The minimum Gasteiger partial charge on any atom is -0.390 e. The lowest BCUT2D eigenvalue weighted by atomic mass is 9.84. The van der Waals surface area contributed by atoms with Crippen LogP contribution >= 0.6 is 11.6 Å². The summed E-state index contributed by atoms with van der Waals surface area (Å²) in [6.45, 7) is 3.11. The average molecular weight is 397 g/mol. The predicted octanol–water partition coefficient (Wildman–Crippen LogP) is 4.97. The first kappa shape index (κ1) is 19.0. The number of halogens is 1. The predicted molar refractivity (Wildman–Crippen MR) is 111 cm³/mol. The molecule has 1 aliphatic carbocycles. The highest BCUT2D eigenvalue weighted by molar-refractivity contribution is 6.31. The summed E-state index contributed by atoms with van der Waals surface area (Å²) in [5, 5.41) is 5.01. The van der Waals surface area contributed by atoms with E-state index in [0.717, 1.165) is 36.1 Å². The summed E-state index contributed by atoms with van der Waals surface area (Å²) in [7, 11) is 0. The summed E-state index contributed by atoms with van der Waals surface area (Å²) in [6, 6.07) is 15.9. The van der Waals surface area contributed by atoms with Crippen molar-refractivity contribution in [2.45, 2.75) is 45.3 Å². The molecule has 0 N–H and O–H groups in total. The van der Waals surface area contributed by atoms with E-state index >= 15 is 0 Å². The molecule has 4 rings (SSSR count). The fourth-order valence-electron chi connectivity index (χ4n) is 3.81. The van der Waals surface area contributed by atoms with E-state index in [1.807, 2.05) is 41.3 Å². The van der Waals surface area contributed by atoms with E-state index in [-0.39, 0.29) is 17.9 Å². The van der Waals surface area contributed by atoms with Crippen molar-refractivity contribution in [3.8, 4) is 0 Å². The van der Waals surface area contributed by atoms with Crippen molar-refractivity contribution in [3.05, 3.63) is 70.2 Å². The van der Waals surface area contributed by atoms with E-state index in [1.165, 1.54) is 5.56 Å². The highest BCUT2D eigenvalue weighted by Gasteiger charge is 2.33. The van der Waals surface area contributed by atoms with Crippen LogP contribution in [0, 0.1) is 12.8 Å². The molecule has 2 aromatic rings. The van der Waals surface area contributed by atoms with Gasteiger partial charge in [0.1, 0.15) is 0 Å². The number of carbonyl (C=O) groups is 1. The van der Waals surface area contributed by atoms with Gasteiger partial charge in [0.25, 0.3) is 0 Å². The first-order chi connectivity index (χ1) is 13.6. The summed E-state index contributed by atoms with van der Waals surface area (Å²) in [5.74, 6) is 0.347. The Morgan fingerprint density at radius 3 is 2.64 bits per heavy atom. The van der Waals surface area contributed by atoms with Gasteiger partial charge in [-0.05, 0) is 37.0 Å². The monoisotopic (exact) mass is 396 g/mol. The molecule has 0 aromatic heterocycles. The Bertz CT molecular complexity index is 892. The van der Waals surface area contributed by atoms with E-state index in [1.54, 1.807) is 0 Å². The van der Waals surface area contributed by atoms with Gasteiger partial charge in [-0.3, -0.25) is 4.79 Å². The van der Waals surface area contributed by atoms with Gasteiger partial charge in [-0.15, -0.1) is 0 Å². The van der Waals surface area contributed by atoms with Gasteiger partial charge in [-0.1, -0.05) is 65.6 Å². The maximum atomic E-state index is 13.0. The molecular weight excluding hydrogens is 372 g/mol. The van der Waals surface area contributed by atoms with Crippen LogP contribution in [0.5, 0.6) is 0 Å². The third-order valence-electron chi connectivity index (χ3n) is 5.70. The summed E-state index contributed by atoms with van der Waals surface area (Å²) in [4.78, 5) is 20.6. The van der Waals surface area contributed by atoms with E-state index in [4.69, 9.17) is 16.4 Å². The second kappa shape index (κ2) is 8.36. The van der Waals surface area contributed by atoms with Crippen molar-refractivity contribution in [2.75, 3.05) is 6.54 Å². The van der Waals surface area contributed by atoms with Gasteiger partial charge in [-0.2, -0.15) is 0 Å². The van der Waals surface area contributed by atoms with Crippen molar-refractivity contribution in [2.24, 2.45) is 11.1 Å². The molecule has 4 nitrogen and oxygen atoms in total. The quantitative estimate of drug-likeness (QED) is 0.691. The molecule has 5 heteroatoms. The Morgan fingerprint density at radius 2 is 1.93 bits per heavy atom. The molecule has 1 aliphatic heterocycles. The van der Waals surface area contributed by atoms with Crippen molar-refractivity contribution in [3.63, 3.8) is 0 Å². The molecule has 0 bridgehead atoms. The minimum absolute atomic E-state index is 0.124. The zero-order valence-corrected chi connectivity index (χ0v) is 16.9. The maximum absolute atomic E-state index is 13.0. The molecule has 0 radical (unpaired) electrons. The molecule has 0 spiro atoms. The summed E-state index contributed by atoms with van der Waals surface area (Å²) in [5.41, 5.74) is 4.23. The molecule has 146 valence electrons. The van der Waals surface area contributed by atoms with Gasteiger partial charge in [-0.25, -0.2) is 0 Å². The average Bonchev–Trinajstić information content (AvgIpc) is 3.10. The largest absolute Gasteiger partial charge is 0.390 e. The molecular formula is C23H25ClN2O2. The second-order valence-corrected chi connectivity index (χ2v) is 8.13. The molecule has 2 aromatic carbocycles. The Hall–Kier alpha value is -2.33. The van der Waals surface area contributed by atoms with Crippen molar-refractivity contribution in [1.82, 2.24) is 4.90 Å². The molecule has 1 saturated carbocycles. The lowest BCUT2D eigenvalue weighted by Crippen LogP contribution is -2.42. The van der Waals surface area contributed by atoms with E-state index in [0.29, 0.717) is 24.5 Å². The first-order valence-corrected chi connectivity index (χ1v) is 10.3. The number of aryl methyl sites for hydroxylation is 1. The molecule has 1 amide bonds. The lowest BCUT2D eigenvalue weighted by molar-refractivity contribution is -0.140. The molecule has 2 aliphatic rings. The second-order valence-electron chi connectivity index (χ2n) is 7.72. The van der Waals surface area contributed by atoms with E-state index < -0.39 is 0 Å². The van der Waals surface area contributed by atoms with Crippen molar-refractivity contribution in [1.29, 1.82) is 0 Å². The Balaban J connectivity index is 1.46. The van der Waals surface area contributed by atoms with Crippen molar-refractivity contribution >= 4 is 23.2 Å². The SMILES string of the molecule is Cc1ccccc1C1=NO[C@H](CN(Cc2ccccc2Cl)C(=O)C2CCC2)C1. The third kappa shape index (κ3) is 4.07. The lowest BCUT2D eigenvalue weighted by Gasteiger charge is -2.33. The standard InChI is InChI=1S/C23H25ClN2O2/c1-16-7-2-4-11-20(16)22-13-19(28-25-22)15-26(23(27)17-9-6-10-17)14-18-8-3-5-12-21(18)24/h2-5,7-8,11-12,17,19H,6,9-10,13-15H2,1H3/t19-/m0/s1. The number of oxime groups is 1. The van der Waals surface area contributed by atoms with Gasteiger partial charge in [0.15, 0.2) is 6.10 Å². The van der Waals surface area contributed by atoms with Crippen LogP contribution in [0.1, 0.15) is 42.4 Å². The van der Waals surface area contributed by atoms with Crippen LogP contribution in [-0.4, -0.2) is 29.2 Å². The highest BCUT2D eigenvalue weighted by Crippen LogP contribution is 2.30. The first-order valence-electron chi connectivity index (χ1n) is 9.92. The summed E-state index contributed by atoms with van der Waals surface area (Å²) >= 11 is 6.35. The zero-order chi connectivity index (χ0) is 19.5.